The van der Waals surface area contributed by atoms with Crippen molar-refractivity contribution >= 4 is 16.1 Å². The van der Waals surface area contributed by atoms with Gasteiger partial charge in [0.05, 0.1) is 25.6 Å². The Kier molecular flexibility index (Phi) is 30.5. The van der Waals surface area contributed by atoms with Gasteiger partial charge in [0.1, 0.15) is 0 Å². The van der Waals surface area contributed by atoms with Gasteiger partial charge in [0.15, 0.2) is 0 Å². The summed E-state index contributed by atoms with van der Waals surface area (Å²) in [7, 11) is -3.80. The maximum absolute atomic E-state index is 10.2. The van der Waals surface area contributed by atoms with Crippen molar-refractivity contribution in [3.8, 4) is 0 Å². The maximum Gasteiger partial charge on any atom is 0.303 e. The van der Waals surface area contributed by atoms with Gasteiger partial charge in [-0.2, -0.15) is 8.42 Å². The summed E-state index contributed by atoms with van der Waals surface area (Å²) in [5, 5.41) is 33.9. The number of unbranched alkanes of at least 4 members (excludes halogenated alkanes) is 8. The van der Waals surface area contributed by atoms with Gasteiger partial charge in [-0.3, -0.25) is 14.2 Å². The SMILES string of the molecule is CCCCCCCCCCCC(=O)O.NCCS(=O)(=O)O.OCCN(CCO)CCO. The third-order valence-corrected chi connectivity index (χ3v) is 4.87. The number of aliphatic carboxylic acids is 1. The summed E-state index contributed by atoms with van der Waals surface area (Å²) in [6, 6.07) is 0. The zero-order valence-corrected chi connectivity index (χ0v) is 19.9. The van der Waals surface area contributed by atoms with Gasteiger partial charge in [-0.1, -0.05) is 58.3 Å². The molecule has 0 amide bonds. The highest BCUT2D eigenvalue weighted by atomic mass is 32.2. The van der Waals surface area contributed by atoms with Gasteiger partial charge in [0, 0.05) is 32.6 Å². The van der Waals surface area contributed by atoms with E-state index in [-0.39, 0.29) is 32.1 Å². The van der Waals surface area contributed by atoms with Crippen molar-refractivity contribution in [2.24, 2.45) is 5.73 Å². The maximum atomic E-state index is 10.2. The van der Waals surface area contributed by atoms with Gasteiger partial charge in [-0.05, 0) is 6.42 Å². The van der Waals surface area contributed by atoms with Crippen LogP contribution in [0.3, 0.4) is 0 Å². The second-order valence-corrected chi connectivity index (χ2v) is 8.63. The minimum absolute atomic E-state index is 0.0289. The van der Waals surface area contributed by atoms with Crippen LogP contribution in [0.1, 0.15) is 71.1 Å². The number of hydrogen-bond acceptors (Lipinski definition) is 8. The second-order valence-electron chi connectivity index (χ2n) is 7.06. The number of carboxylic acid groups (broad SMARTS) is 1. The van der Waals surface area contributed by atoms with Gasteiger partial charge in [0.25, 0.3) is 10.1 Å². The first-order valence-corrected chi connectivity index (χ1v) is 12.7. The summed E-state index contributed by atoms with van der Waals surface area (Å²) in [6.45, 7) is 3.95. The van der Waals surface area contributed by atoms with Crippen molar-refractivity contribution in [3.63, 3.8) is 0 Å². The Morgan fingerprint density at radius 2 is 1.19 bits per heavy atom. The molecule has 0 bridgehead atoms. The molecule has 190 valence electrons. The summed E-state index contributed by atoms with van der Waals surface area (Å²) in [5.74, 6) is -1.01. The molecule has 0 aliphatic rings. The topological polar surface area (TPSA) is 182 Å². The molecule has 0 heterocycles. The molecular formula is C20H46N2O8S. The Morgan fingerprint density at radius 1 is 0.806 bits per heavy atom. The van der Waals surface area contributed by atoms with Crippen LogP contribution in [0.4, 0.5) is 0 Å². The van der Waals surface area contributed by atoms with E-state index in [0.717, 1.165) is 12.8 Å². The Bertz CT molecular complexity index is 450. The number of rotatable bonds is 18. The van der Waals surface area contributed by atoms with Gasteiger partial charge in [0.2, 0.25) is 0 Å². The molecule has 0 unspecified atom stereocenters. The molecule has 0 aromatic heterocycles. The van der Waals surface area contributed by atoms with E-state index in [9.17, 15) is 13.2 Å². The minimum Gasteiger partial charge on any atom is -0.481 e. The van der Waals surface area contributed by atoms with Gasteiger partial charge in [-0.25, -0.2) is 0 Å². The van der Waals surface area contributed by atoms with E-state index in [0.29, 0.717) is 26.1 Å². The van der Waals surface area contributed by atoms with Gasteiger partial charge >= 0.3 is 5.97 Å². The largest absolute Gasteiger partial charge is 0.481 e. The van der Waals surface area contributed by atoms with E-state index in [1.54, 1.807) is 4.90 Å². The molecule has 0 saturated heterocycles. The summed E-state index contributed by atoms with van der Waals surface area (Å²) in [4.78, 5) is 12.0. The lowest BCUT2D eigenvalue weighted by Crippen LogP contribution is -2.32. The second kappa shape index (κ2) is 27.2. The summed E-state index contributed by atoms with van der Waals surface area (Å²) in [6.07, 6.45) is 11.5. The van der Waals surface area contributed by atoms with E-state index in [1.807, 2.05) is 0 Å². The van der Waals surface area contributed by atoms with E-state index < -0.39 is 16.1 Å². The number of hydrogen-bond donors (Lipinski definition) is 6. The summed E-state index contributed by atoms with van der Waals surface area (Å²) < 4.78 is 27.3. The predicted octanol–water partition coefficient (Wildman–Crippen LogP) is 1.09. The lowest BCUT2D eigenvalue weighted by molar-refractivity contribution is -0.137. The molecule has 7 N–H and O–H groups in total. The number of nitrogens with two attached hydrogens (primary N) is 1. The van der Waals surface area contributed by atoms with Crippen LogP contribution < -0.4 is 5.73 Å². The van der Waals surface area contributed by atoms with Crippen LogP contribution in [0.15, 0.2) is 0 Å². The number of aliphatic hydroxyl groups is 3. The highest BCUT2D eigenvalue weighted by Crippen LogP contribution is 2.10. The number of aliphatic hydroxyl groups excluding tert-OH is 3. The van der Waals surface area contributed by atoms with Crippen LogP contribution in [-0.2, 0) is 14.9 Å². The fraction of sp³-hybridized carbons (Fsp3) is 0.950. The Morgan fingerprint density at radius 3 is 1.45 bits per heavy atom. The van der Waals surface area contributed by atoms with Crippen LogP contribution in [-0.4, -0.2) is 96.0 Å². The van der Waals surface area contributed by atoms with Crippen LogP contribution >= 0.6 is 0 Å². The normalized spacial score (nSPS) is 10.8. The highest BCUT2D eigenvalue weighted by Gasteiger charge is 2.00. The average Bonchev–Trinajstić information content (AvgIpc) is 2.67. The molecule has 0 rings (SSSR count). The molecule has 0 aliphatic carbocycles. The first kappa shape index (κ1) is 34.8. The van der Waals surface area contributed by atoms with Crippen LogP contribution in [0, 0.1) is 0 Å². The summed E-state index contributed by atoms with van der Waals surface area (Å²) >= 11 is 0. The molecule has 11 heteroatoms. The molecule has 0 saturated carbocycles. The third kappa shape index (κ3) is 40.1. The van der Waals surface area contributed by atoms with E-state index >= 15 is 0 Å². The fourth-order valence-electron chi connectivity index (χ4n) is 2.50. The fourth-order valence-corrected chi connectivity index (χ4v) is 2.79. The monoisotopic (exact) mass is 474 g/mol. The molecule has 0 aliphatic heterocycles. The number of nitrogens with zero attached hydrogens (tertiary/aromatic N) is 1. The first-order valence-electron chi connectivity index (χ1n) is 11.1. The Hall–Kier alpha value is -0.820. The zero-order chi connectivity index (χ0) is 24.4. The number of carbonyl (C=O) groups is 1. The molecule has 0 atom stereocenters. The molecule has 0 aromatic carbocycles. The van der Waals surface area contributed by atoms with Crippen molar-refractivity contribution in [1.82, 2.24) is 4.90 Å². The van der Waals surface area contributed by atoms with Gasteiger partial charge < -0.3 is 26.2 Å². The number of carboxylic acids is 1. The summed E-state index contributed by atoms with van der Waals surface area (Å²) in [5.41, 5.74) is 4.78. The van der Waals surface area contributed by atoms with Crippen LogP contribution in [0.2, 0.25) is 0 Å². The minimum atomic E-state index is -3.80. The smallest absolute Gasteiger partial charge is 0.303 e. The van der Waals surface area contributed by atoms with Crippen molar-refractivity contribution < 1.29 is 38.2 Å². The Labute approximate surface area is 188 Å². The van der Waals surface area contributed by atoms with Gasteiger partial charge in [-0.15, -0.1) is 0 Å². The molecule has 0 aromatic rings. The molecular weight excluding hydrogens is 428 g/mol. The molecule has 0 radical (unpaired) electrons. The average molecular weight is 475 g/mol. The van der Waals surface area contributed by atoms with E-state index in [1.165, 1.54) is 44.9 Å². The van der Waals surface area contributed by atoms with E-state index in [2.05, 4.69) is 6.92 Å². The highest BCUT2D eigenvalue weighted by molar-refractivity contribution is 7.85. The quantitative estimate of drug-likeness (QED) is 0.124. The Balaban J connectivity index is -0.000000404. The van der Waals surface area contributed by atoms with Crippen LogP contribution in [0.25, 0.3) is 0 Å². The van der Waals surface area contributed by atoms with Crippen molar-refractivity contribution in [2.45, 2.75) is 71.1 Å². The lowest BCUT2D eigenvalue weighted by atomic mass is 10.1. The van der Waals surface area contributed by atoms with E-state index in [4.69, 9.17) is 30.7 Å². The standard InChI is InChI=1S/C12H24O2.C6H15NO3.C2H7NO3S/c1-2-3-4-5-6-7-8-9-10-11-12(13)14;8-4-1-7(2-5-9)3-6-10;3-1-2-7(4,5)6/h2-11H2,1H3,(H,13,14);8-10H,1-6H2;1-3H2,(H,4,5,6). The molecule has 31 heavy (non-hydrogen) atoms. The third-order valence-electron chi connectivity index (χ3n) is 4.12. The molecule has 0 fully saturated rings. The van der Waals surface area contributed by atoms with Crippen molar-refractivity contribution in [1.29, 1.82) is 0 Å². The van der Waals surface area contributed by atoms with Crippen LogP contribution in [0.5, 0.6) is 0 Å². The zero-order valence-electron chi connectivity index (χ0n) is 19.1. The first-order chi connectivity index (χ1) is 14.7. The molecule has 10 nitrogen and oxygen atoms in total. The lowest BCUT2D eigenvalue weighted by Gasteiger charge is -2.17. The van der Waals surface area contributed by atoms with Crippen molar-refractivity contribution in [2.75, 3.05) is 51.8 Å². The predicted molar refractivity (Wildman–Crippen MR) is 123 cm³/mol. The molecule has 0 spiro atoms. The van der Waals surface area contributed by atoms with Crippen molar-refractivity contribution in [3.05, 3.63) is 0 Å².